The van der Waals surface area contributed by atoms with E-state index in [0.29, 0.717) is 24.0 Å². The van der Waals surface area contributed by atoms with Crippen molar-refractivity contribution < 1.29 is 17.9 Å². The number of hydrogen-bond acceptors (Lipinski definition) is 5. The molecule has 1 unspecified atom stereocenters. The molecule has 0 saturated heterocycles. The van der Waals surface area contributed by atoms with Gasteiger partial charge < -0.3 is 15.8 Å². The van der Waals surface area contributed by atoms with Gasteiger partial charge in [-0.2, -0.15) is 0 Å². The van der Waals surface area contributed by atoms with E-state index >= 15 is 0 Å². The SMILES string of the molecule is CC(C)CCOc1cccc(NC(=O)C(N)CCS(C)(=O)=O)c1.Cl. The first-order valence-corrected chi connectivity index (χ1v) is 9.70. The molecule has 8 heteroatoms. The zero-order valence-corrected chi connectivity index (χ0v) is 16.0. The molecule has 0 aliphatic heterocycles. The Morgan fingerprint density at radius 1 is 1.29 bits per heavy atom. The summed E-state index contributed by atoms with van der Waals surface area (Å²) in [4.78, 5) is 12.0. The summed E-state index contributed by atoms with van der Waals surface area (Å²) in [6.07, 6.45) is 2.16. The van der Waals surface area contributed by atoms with Crippen molar-refractivity contribution >= 4 is 33.8 Å². The molecule has 1 aromatic rings. The van der Waals surface area contributed by atoms with E-state index in [4.69, 9.17) is 10.5 Å². The Morgan fingerprint density at radius 2 is 1.96 bits per heavy atom. The fourth-order valence-corrected chi connectivity index (χ4v) is 2.47. The van der Waals surface area contributed by atoms with Gasteiger partial charge in [-0.3, -0.25) is 4.79 Å². The Morgan fingerprint density at radius 3 is 2.54 bits per heavy atom. The van der Waals surface area contributed by atoms with Crippen LogP contribution in [0.2, 0.25) is 0 Å². The quantitative estimate of drug-likeness (QED) is 0.686. The molecule has 1 amide bonds. The van der Waals surface area contributed by atoms with Gasteiger partial charge in [0, 0.05) is 18.0 Å². The first-order chi connectivity index (χ1) is 10.7. The third-order valence-corrected chi connectivity index (χ3v) is 4.18. The Hall–Kier alpha value is -1.31. The lowest BCUT2D eigenvalue weighted by molar-refractivity contribution is -0.117. The fraction of sp³-hybridized carbons (Fsp3) is 0.562. The molecule has 24 heavy (non-hydrogen) atoms. The van der Waals surface area contributed by atoms with E-state index in [1.807, 2.05) is 6.07 Å². The number of sulfone groups is 1. The molecular weight excluding hydrogens is 352 g/mol. The molecule has 0 radical (unpaired) electrons. The van der Waals surface area contributed by atoms with E-state index in [9.17, 15) is 13.2 Å². The number of carbonyl (C=O) groups is 1. The number of hydrogen-bond donors (Lipinski definition) is 2. The van der Waals surface area contributed by atoms with Crippen LogP contribution in [-0.2, 0) is 14.6 Å². The largest absolute Gasteiger partial charge is 0.494 e. The van der Waals surface area contributed by atoms with Crippen molar-refractivity contribution in [3.05, 3.63) is 24.3 Å². The van der Waals surface area contributed by atoms with Gasteiger partial charge in [-0.15, -0.1) is 12.4 Å². The standard InChI is InChI=1S/C16H26N2O4S.ClH/c1-12(2)7-9-22-14-6-4-5-13(11-14)18-16(19)15(17)8-10-23(3,20)21;/h4-6,11-12,15H,7-10,17H2,1-3H3,(H,18,19);1H. The van der Waals surface area contributed by atoms with Crippen LogP contribution in [0.25, 0.3) is 0 Å². The predicted octanol–water partition coefficient (Wildman–Crippen LogP) is 2.23. The molecule has 138 valence electrons. The maximum Gasteiger partial charge on any atom is 0.241 e. The number of benzene rings is 1. The van der Waals surface area contributed by atoms with Crippen molar-refractivity contribution in [3.8, 4) is 5.75 Å². The van der Waals surface area contributed by atoms with Crippen molar-refractivity contribution in [2.24, 2.45) is 11.7 Å². The van der Waals surface area contributed by atoms with Crippen molar-refractivity contribution in [2.45, 2.75) is 32.7 Å². The van der Waals surface area contributed by atoms with Crippen LogP contribution in [0.15, 0.2) is 24.3 Å². The van der Waals surface area contributed by atoms with E-state index in [1.165, 1.54) is 0 Å². The Labute approximate surface area is 150 Å². The molecule has 0 bridgehead atoms. The van der Waals surface area contributed by atoms with Crippen molar-refractivity contribution in [3.63, 3.8) is 0 Å². The first kappa shape index (κ1) is 22.7. The number of amides is 1. The number of carbonyl (C=O) groups excluding carboxylic acids is 1. The summed E-state index contributed by atoms with van der Waals surface area (Å²) in [7, 11) is -3.13. The third kappa shape index (κ3) is 9.75. The molecule has 6 nitrogen and oxygen atoms in total. The van der Waals surface area contributed by atoms with Gasteiger partial charge in [-0.25, -0.2) is 8.42 Å². The zero-order chi connectivity index (χ0) is 17.5. The minimum atomic E-state index is -3.13. The van der Waals surface area contributed by atoms with Crippen molar-refractivity contribution in [2.75, 3.05) is 23.9 Å². The lowest BCUT2D eigenvalue weighted by Gasteiger charge is -2.13. The van der Waals surface area contributed by atoms with Crippen LogP contribution in [0.4, 0.5) is 5.69 Å². The number of nitrogens with one attached hydrogen (secondary N) is 1. The van der Waals surface area contributed by atoms with Gasteiger partial charge in [0.15, 0.2) is 0 Å². The summed E-state index contributed by atoms with van der Waals surface area (Å²) >= 11 is 0. The van der Waals surface area contributed by atoms with Crippen molar-refractivity contribution in [1.29, 1.82) is 0 Å². The summed E-state index contributed by atoms with van der Waals surface area (Å²) in [6, 6.07) is 6.19. The van der Waals surface area contributed by atoms with Gasteiger partial charge in [0.05, 0.1) is 18.4 Å². The summed E-state index contributed by atoms with van der Waals surface area (Å²) in [5, 5.41) is 2.68. The average Bonchev–Trinajstić information content (AvgIpc) is 2.44. The number of ether oxygens (including phenoxy) is 1. The molecule has 0 aliphatic rings. The highest BCUT2D eigenvalue weighted by molar-refractivity contribution is 7.90. The topological polar surface area (TPSA) is 98.5 Å². The first-order valence-electron chi connectivity index (χ1n) is 7.64. The van der Waals surface area contributed by atoms with E-state index in [2.05, 4.69) is 19.2 Å². The van der Waals surface area contributed by atoms with Gasteiger partial charge >= 0.3 is 0 Å². The molecule has 1 atom stereocenters. The fourth-order valence-electron chi connectivity index (χ4n) is 1.78. The van der Waals surface area contributed by atoms with Gasteiger partial charge in [0.2, 0.25) is 5.91 Å². The average molecular weight is 379 g/mol. The second-order valence-corrected chi connectivity index (χ2v) is 8.33. The minimum Gasteiger partial charge on any atom is -0.494 e. The van der Waals surface area contributed by atoms with E-state index in [0.717, 1.165) is 12.7 Å². The maximum absolute atomic E-state index is 12.0. The van der Waals surface area contributed by atoms with Crippen LogP contribution in [0.1, 0.15) is 26.7 Å². The minimum absolute atomic E-state index is 0. The Bertz CT molecular complexity index is 620. The van der Waals surface area contributed by atoms with Gasteiger partial charge in [-0.05, 0) is 30.9 Å². The number of nitrogens with two attached hydrogens (primary N) is 1. The van der Waals surface area contributed by atoms with Gasteiger partial charge in [0.25, 0.3) is 0 Å². The summed E-state index contributed by atoms with van der Waals surface area (Å²) in [6.45, 7) is 4.86. The van der Waals surface area contributed by atoms with Gasteiger partial charge in [-0.1, -0.05) is 19.9 Å². The highest BCUT2D eigenvalue weighted by Crippen LogP contribution is 2.18. The van der Waals surface area contributed by atoms with E-state index in [-0.39, 0.29) is 24.6 Å². The molecular formula is C16H27ClN2O4S. The highest BCUT2D eigenvalue weighted by atomic mass is 35.5. The maximum atomic E-state index is 12.0. The van der Waals surface area contributed by atoms with E-state index < -0.39 is 21.8 Å². The van der Waals surface area contributed by atoms with Crippen LogP contribution in [0, 0.1) is 5.92 Å². The number of rotatable bonds is 9. The molecule has 3 N–H and O–H groups in total. The van der Waals surface area contributed by atoms with Crippen LogP contribution in [-0.4, -0.2) is 39.0 Å². The second kappa shape index (κ2) is 10.5. The lowest BCUT2D eigenvalue weighted by atomic mass is 10.1. The van der Waals surface area contributed by atoms with Gasteiger partial charge in [0.1, 0.15) is 15.6 Å². The number of anilines is 1. The van der Waals surface area contributed by atoms with Crippen LogP contribution in [0.5, 0.6) is 5.75 Å². The Balaban J connectivity index is 0.00000529. The lowest BCUT2D eigenvalue weighted by Crippen LogP contribution is -2.37. The number of halogens is 1. The van der Waals surface area contributed by atoms with Crippen LogP contribution >= 0.6 is 12.4 Å². The summed E-state index contributed by atoms with van der Waals surface area (Å²) < 4.78 is 27.8. The summed E-state index contributed by atoms with van der Waals surface area (Å²) in [5.41, 5.74) is 6.29. The molecule has 0 spiro atoms. The summed E-state index contributed by atoms with van der Waals surface area (Å²) in [5.74, 6) is 0.715. The smallest absolute Gasteiger partial charge is 0.241 e. The molecule has 1 rings (SSSR count). The van der Waals surface area contributed by atoms with Crippen LogP contribution < -0.4 is 15.8 Å². The normalized spacial score (nSPS) is 12.4. The molecule has 0 saturated carbocycles. The molecule has 0 heterocycles. The molecule has 1 aromatic carbocycles. The van der Waals surface area contributed by atoms with Crippen LogP contribution in [0.3, 0.4) is 0 Å². The highest BCUT2D eigenvalue weighted by Gasteiger charge is 2.16. The molecule has 0 aliphatic carbocycles. The zero-order valence-electron chi connectivity index (χ0n) is 14.3. The predicted molar refractivity (Wildman–Crippen MR) is 99.6 cm³/mol. The Kier molecular flexibility index (Phi) is 9.96. The molecule has 0 fully saturated rings. The van der Waals surface area contributed by atoms with E-state index in [1.54, 1.807) is 18.2 Å². The second-order valence-electron chi connectivity index (χ2n) is 6.07. The molecule has 0 aromatic heterocycles. The monoisotopic (exact) mass is 378 g/mol. The third-order valence-electron chi connectivity index (χ3n) is 3.20. The van der Waals surface area contributed by atoms with Crippen molar-refractivity contribution in [1.82, 2.24) is 0 Å².